The van der Waals surface area contributed by atoms with Crippen LogP contribution >= 0.6 is 0 Å². The third kappa shape index (κ3) is 5.28. The van der Waals surface area contributed by atoms with E-state index in [1.165, 1.54) is 0 Å². The third-order valence-electron chi connectivity index (χ3n) is 3.07. The molecule has 0 saturated carbocycles. The Hall–Kier alpha value is -1.43. The minimum atomic E-state index is -0.656. The van der Waals surface area contributed by atoms with Gasteiger partial charge in [-0.25, -0.2) is 0 Å². The fraction of sp³-hybridized carbons (Fsp3) is 0.533. The van der Waals surface area contributed by atoms with E-state index in [2.05, 4.69) is 10.6 Å². The number of benzene rings is 1. The summed E-state index contributed by atoms with van der Waals surface area (Å²) in [5.41, 5.74) is 1.06. The Balaban J connectivity index is 2.57. The number of nitrogens with one attached hydrogen (secondary N) is 2. The van der Waals surface area contributed by atoms with Crippen molar-refractivity contribution in [3.63, 3.8) is 0 Å². The fourth-order valence-corrected chi connectivity index (χ4v) is 1.58. The molecule has 1 unspecified atom stereocenters. The van der Waals surface area contributed by atoms with Gasteiger partial charge >= 0.3 is 0 Å². The highest BCUT2D eigenvalue weighted by molar-refractivity contribution is 5.90. The fourth-order valence-electron chi connectivity index (χ4n) is 1.58. The van der Waals surface area contributed by atoms with Gasteiger partial charge in [0.15, 0.2) is 0 Å². The molecule has 0 aliphatic carbocycles. The first kappa shape index (κ1) is 16.6. The molecule has 5 nitrogen and oxygen atoms in total. The highest BCUT2D eigenvalue weighted by atomic mass is 16.3. The number of anilines is 1. The van der Waals surface area contributed by atoms with E-state index in [0.717, 1.165) is 11.3 Å². The third-order valence-corrected chi connectivity index (χ3v) is 3.07. The van der Waals surface area contributed by atoms with Crippen LogP contribution in [-0.2, 0) is 4.79 Å². The van der Waals surface area contributed by atoms with Crippen molar-refractivity contribution in [1.82, 2.24) is 5.32 Å². The SMILES string of the molecule is CCC(=O)Nc1ccc(C(O)CNC(C)(C)CO)cc1. The van der Waals surface area contributed by atoms with Gasteiger partial charge in [-0.15, -0.1) is 0 Å². The Morgan fingerprint density at radius 2 is 1.90 bits per heavy atom. The highest BCUT2D eigenvalue weighted by Gasteiger charge is 2.17. The van der Waals surface area contributed by atoms with Crippen LogP contribution in [0.15, 0.2) is 24.3 Å². The lowest BCUT2D eigenvalue weighted by molar-refractivity contribution is -0.115. The van der Waals surface area contributed by atoms with E-state index in [9.17, 15) is 9.90 Å². The van der Waals surface area contributed by atoms with E-state index >= 15 is 0 Å². The molecule has 0 aliphatic rings. The monoisotopic (exact) mass is 280 g/mol. The summed E-state index contributed by atoms with van der Waals surface area (Å²) in [4.78, 5) is 11.3. The van der Waals surface area contributed by atoms with Gasteiger partial charge in [0.1, 0.15) is 0 Å². The second-order valence-electron chi connectivity index (χ2n) is 5.46. The Kier molecular flexibility index (Phi) is 6.13. The van der Waals surface area contributed by atoms with Crippen LogP contribution in [0.3, 0.4) is 0 Å². The zero-order valence-electron chi connectivity index (χ0n) is 12.3. The molecule has 5 heteroatoms. The maximum absolute atomic E-state index is 11.3. The first-order valence-corrected chi connectivity index (χ1v) is 6.81. The molecule has 0 radical (unpaired) electrons. The maximum atomic E-state index is 11.3. The lowest BCUT2D eigenvalue weighted by Gasteiger charge is -2.25. The standard InChI is InChI=1S/C15H24N2O3/c1-4-14(20)17-12-7-5-11(6-8-12)13(19)9-16-15(2,3)10-18/h5-8,13,16,18-19H,4,9-10H2,1-3H3,(H,17,20). The Labute approximate surface area is 120 Å². The minimum absolute atomic E-state index is 0.00169. The van der Waals surface area contributed by atoms with E-state index < -0.39 is 11.6 Å². The van der Waals surface area contributed by atoms with Crippen LogP contribution in [0.1, 0.15) is 38.9 Å². The van der Waals surface area contributed by atoms with Crippen molar-refractivity contribution in [2.45, 2.75) is 38.8 Å². The molecule has 0 aromatic heterocycles. The smallest absolute Gasteiger partial charge is 0.224 e. The van der Waals surface area contributed by atoms with Crippen molar-refractivity contribution in [2.75, 3.05) is 18.5 Å². The molecule has 1 aromatic carbocycles. The van der Waals surface area contributed by atoms with Crippen LogP contribution in [-0.4, -0.2) is 34.8 Å². The largest absolute Gasteiger partial charge is 0.394 e. The number of carbonyl (C=O) groups is 1. The molecule has 0 spiro atoms. The summed E-state index contributed by atoms with van der Waals surface area (Å²) in [5, 5.41) is 25.1. The second kappa shape index (κ2) is 7.38. The zero-order chi connectivity index (χ0) is 15.2. The number of β-amino-alcohol motifs (C(OH)–C–C–N with tert-alkyl or cyclic N) is 1. The summed E-state index contributed by atoms with van der Waals surface area (Å²) in [6.45, 7) is 5.88. The lowest BCUT2D eigenvalue weighted by atomic mass is 10.0. The van der Waals surface area contributed by atoms with E-state index in [4.69, 9.17) is 5.11 Å². The molecule has 112 valence electrons. The quantitative estimate of drug-likeness (QED) is 0.609. The molecule has 1 atom stereocenters. The van der Waals surface area contributed by atoms with E-state index in [1.54, 1.807) is 31.2 Å². The zero-order valence-corrected chi connectivity index (χ0v) is 12.3. The van der Waals surface area contributed by atoms with E-state index in [0.29, 0.717) is 13.0 Å². The van der Waals surface area contributed by atoms with Crippen molar-refractivity contribution in [3.05, 3.63) is 29.8 Å². The highest BCUT2D eigenvalue weighted by Crippen LogP contribution is 2.16. The molecule has 0 fully saturated rings. The van der Waals surface area contributed by atoms with Gasteiger partial charge in [0.2, 0.25) is 5.91 Å². The van der Waals surface area contributed by atoms with Crippen LogP contribution in [0.5, 0.6) is 0 Å². The van der Waals surface area contributed by atoms with Gasteiger partial charge in [0.25, 0.3) is 0 Å². The molecular formula is C15H24N2O3. The van der Waals surface area contributed by atoms with Crippen molar-refractivity contribution in [3.8, 4) is 0 Å². The summed E-state index contributed by atoms with van der Waals surface area (Å²) in [5.74, 6) is -0.0374. The summed E-state index contributed by atoms with van der Waals surface area (Å²) in [6.07, 6.45) is -0.221. The van der Waals surface area contributed by atoms with E-state index in [1.807, 2.05) is 13.8 Å². The predicted molar refractivity (Wildman–Crippen MR) is 79.5 cm³/mol. The number of carbonyl (C=O) groups excluding carboxylic acids is 1. The summed E-state index contributed by atoms with van der Waals surface area (Å²) in [6, 6.07) is 7.10. The van der Waals surface area contributed by atoms with Gasteiger partial charge in [-0.3, -0.25) is 4.79 Å². The Morgan fingerprint density at radius 1 is 1.30 bits per heavy atom. The molecule has 1 amide bonds. The van der Waals surface area contributed by atoms with Crippen LogP contribution in [0.25, 0.3) is 0 Å². The van der Waals surface area contributed by atoms with Crippen LogP contribution in [0.4, 0.5) is 5.69 Å². The molecule has 4 N–H and O–H groups in total. The van der Waals surface area contributed by atoms with Gasteiger partial charge in [-0.05, 0) is 31.5 Å². The predicted octanol–water partition coefficient (Wildman–Crippen LogP) is 1.43. The molecule has 1 aromatic rings. The van der Waals surface area contributed by atoms with E-state index in [-0.39, 0.29) is 12.5 Å². The first-order valence-electron chi connectivity index (χ1n) is 6.81. The average molecular weight is 280 g/mol. The molecule has 0 saturated heterocycles. The number of aliphatic hydroxyl groups excluding tert-OH is 2. The molecule has 0 aliphatic heterocycles. The van der Waals surface area contributed by atoms with Crippen molar-refractivity contribution in [2.24, 2.45) is 0 Å². The Bertz CT molecular complexity index is 429. The van der Waals surface area contributed by atoms with Crippen molar-refractivity contribution in [1.29, 1.82) is 0 Å². The van der Waals surface area contributed by atoms with Crippen molar-refractivity contribution >= 4 is 11.6 Å². The number of amides is 1. The second-order valence-corrected chi connectivity index (χ2v) is 5.46. The number of hydrogen-bond acceptors (Lipinski definition) is 4. The van der Waals surface area contributed by atoms with Gasteiger partial charge in [-0.1, -0.05) is 19.1 Å². The van der Waals surface area contributed by atoms with Gasteiger partial charge < -0.3 is 20.8 Å². The van der Waals surface area contributed by atoms with Crippen LogP contribution in [0.2, 0.25) is 0 Å². The van der Waals surface area contributed by atoms with Crippen molar-refractivity contribution < 1.29 is 15.0 Å². The molecule has 0 heterocycles. The molecule has 1 rings (SSSR count). The first-order chi connectivity index (χ1) is 9.38. The Morgan fingerprint density at radius 3 is 2.40 bits per heavy atom. The molecule has 20 heavy (non-hydrogen) atoms. The number of hydrogen-bond donors (Lipinski definition) is 4. The number of rotatable bonds is 7. The summed E-state index contributed by atoms with van der Waals surface area (Å²) < 4.78 is 0. The lowest BCUT2D eigenvalue weighted by Crippen LogP contribution is -2.44. The molecular weight excluding hydrogens is 256 g/mol. The molecule has 0 bridgehead atoms. The van der Waals surface area contributed by atoms with Crippen LogP contribution in [0, 0.1) is 0 Å². The summed E-state index contributed by atoms with van der Waals surface area (Å²) >= 11 is 0. The average Bonchev–Trinajstić information content (AvgIpc) is 2.45. The van der Waals surface area contributed by atoms with Gasteiger partial charge in [-0.2, -0.15) is 0 Å². The normalized spacial score (nSPS) is 13.1. The van der Waals surface area contributed by atoms with Crippen LogP contribution < -0.4 is 10.6 Å². The van der Waals surface area contributed by atoms with Gasteiger partial charge in [0.05, 0.1) is 12.7 Å². The topological polar surface area (TPSA) is 81.6 Å². The number of aliphatic hydroxyl groups is 2. The summed E-state index contributed by atoms with van der Waals surface area (Å²) in [7, 11) is 0. The maximum Gasteiger partial charge on any atom is 0.224 e. The minimum Gasteiger partial charge on any atom is -0.394 e. The van der Waals surface area contributed by atoms with Gasteiger partial charge in [0, 0.05) is 24.2 Å².